The number of aliphatic imine (C=N–C) groups is 1. The Kier molecular flexibility index (Phi) is 5.64. The molecule has 6 nitrogen and oxygen atoms in total. The lowest BCUT2D eigenvalue weighted by molar-refractivity contribution is -0.196. The number of carbonyl (C=O) groups is 2. The summed E-state index contributed by atoms with van der Waals surface area (Å²) in [5.74, 6) is -2.45. The van der Waals surface area contributed by atoms with Crippen LogP contribution in [0.1, 0.15) is 15.9 Å². The lowest BCUT2D eigenvalue weighted by Gasteiger charge is -2.29. The van der Waals surface area contributed by atoms with Crippen LogP contribution in [0.4, 0.5) is 13.2 Å². The summed E-state index contributed by atoms with van der Waals surface area (Å²) in [5.41, 5.74) is -3.26. The van der Waals surface area contributed by atoms with E-state index in [1.165, 1.54) is 49.6 Å². The van der Waals surface area contributed by atoms with E-state index in [-0.39, 0.29) is 23.7 Å². The van der Waals surface area contributed by atoms with E-state index in [0.29, 0.717) is 5.56 Å². The van der Waals surface area contributed by atoms with Crippen LogP contribution in [0.2, 0.25) is 0 Å². The topological polar surface area (TPSA) is 71.0 Å². The molecule has 2 aromatic rings. The zero-order valence-corrected chi connectivity index (χ0v) is 15.9. The number of rotatable bonds is 6. The molecular formula is C21H18F3N3O3. The number of nitrogens with zero attached hydrogens (tertiary/aromatic N) is 2. The third-order valence-electron chi connectivity index (χ3n) is 4.46. The second-order valence-corrected chi connectivity index (χ2v) is 6.40. The van der Waals surface area contributed by atoms with Gasteiger partial charge >= 0.3 is 11.8 Å². The highest BCUT2D eigenvalue weighted by molar-refractivity contribution is 6.16. The first-order valence-corrected chi connectivity index (χ1v) is 8.85. The Hall–Kier alpha value is -3.62. The smallest absolute Gasteiger partial charge is 0.442 e. The van der Waals surface area contributed by atoms with E-state index in [2.05, 4.69) is 11.6 Å². The number of ether oxygens (including phenoxy) is 1. The van der Waals surface area contributed by atoms with Crippen molar-refractivity contribution in [2.75, 3.05) is 13.7 Å². The van der Waals surface area contributed by atoms with Crippen LogP contribution in [0.15, 0.2) is 72.2 Å². The van der Waals surface area contributed by atoms with Crippen molar-refractivity contribution in [2.45, 2.75) is 11.8 Å². The molecule has 1 N–H and O–H groups in total. The highest BCUT2D eigenvalue weighted by atomic mass is 19.4. The van der Waals surface area contributed by atoms with Gasteiger partial charge in [0.25, 0.3) is 11.8 Å². The van der Waals surface area contributed by atoms with Crippen molar-refractivity contribution >= 4 is 17.6 Å². The fraction of sp³-hybridized carbons (Fsp3) is 0.190. The molecule has 3 rings (SSSR count). The highest BCUT2D eigenvalue weighted by Gasteiger charge is 2.67. The first-order chi connectivity index (χ1) is 14.2. The van der Waals surface area contributed by atoms with Crippen LogP contribution >= 0.6 is 0 Å². The number of halogens is 3. The first kappa shape index (κ1) is 21.1. The van der Waals surface area contributed by atoms with Crippen LogP contribution < -0.4 is 10.1 Å². The molecule has 0 aliphatic carbocycles. The van der Waals surface area contributed by atoms with E-state index in [9.17, 15) is 22.8 Å². The van der Waals surface area contributed by atoms with Crippen LogP contribution in [0.5, 0.6) is 5.75 Å². The number of hydrogen-bond donors (Lipinski definition) is 1. The summed E-state index contributed by atoms with van der Waals surface area (Å²) in [6, 6.07) is 13.5. The summed E-state index contributed by atoms with van der Waals surface area (Å²) < 4.78 is 47.5. The van der Waals surface area contributed by atoms with Gasteiger partial charge in [-0.15, -0.1) is 6.58 Å². The average molecular weight is 417 g/mol. The van der Waals surface area contributed by atoms with Crippen molar-refractivity contribution in [1.29, 1.82) is 0 Å². The van der Waals surface area contributed by atoms with Gasteiger partial charge in [0.05, 0.1) is 7.11 Å². The number of nitrogens with one attached hydrogen (secondary N) is 1. The molecular weight excluding hydrogens is 399 g/mol. The minimum atomic E-state index is -5.19. The molecule has 0 aromatic heterocycles. The summed E-state index contributed by atoms with van der Waals surface area (Å²) in [7, 11) is 1.36. The van der Waals surface area contributed by atoms with Gasteiger partial charge in [0.1, 0.15) is 11.6 Å². The van der Waals surface area contributed by atoms with Gasteiger partial charge in [-0.2, -0.15) is 13.2 Å². The van der Waals surface area contributed by atoms with E-state index >= 15 is 0 Å². The normalized spacial score (nSPS) is 18.7. The predicted molar refractivity (Wildman–Crippen MR) is 104 cm³/mol. The molecule has 30 heavy (non-hydrogen) atoms. The van der Waals surface area contributed by atoms with Gasteiger partial charge in [-0.25, -0.2) is 4.99 Å². The van der Waals surface area contributed by atoms with Crippen molar-refractivity contribution in [3.05, 3.63) is 78.4 Å². The highest BCUT2D eigenvalue weighted by Crippen LogP contribution is 2.38. The standard InChI is InChI=1S/C21H18F3N3O3/c1-3-12-27-17(14-8-5-4-6-9-14)25-20(19(27)29,21(22,23)24)26-18(28)15-10-7-11-16(13-15)30-2/h3-11,13H,1,12H2,2H3,(H,26,28)/t20-/m0/s1. The molecule has 2 aromatic carbocycles. The van der Waals surface area contributed by atoms with E-state index < -0.39 is 23.7 Å². The molecule has 2 amide bonds. The van der Waals surface area contributed by atoms with Crippen LogP contribution in [-0.2, 0) is 4.79 Å². The van der Waals surface area contributed by atoms with E-state index in [1.54, 1.807) is 23.5 Å². The number of hydrogen-bond acceptors (Lipinski definition) is 4. The second-order valence-electron chi connectivity index (χ2n) is 6.40. The summed E-state index contributed by atoms with van der Waals surface area (Å²) in [6.45, 7) is 3.28. The monoisotopic (exact) mass is 417 g/mol. The molecule has 9 heteroatoms. The number of carbonyl (C=O) groups excluding carboxylic acids is 2. The lowest BCUT2D eigenvalue weighted by atomic mass is 10.1. The molecule has 0 spiro atoms. The van der Waals surface area contributed by atoms with E-state index in [1.807, 2.05) is 0 Å². The number of benzene rings is 2. The fourth-order valence-corrected chi connectivity index (χ4v) is 3.00. The van der Waals surface area contributed by atoms with Gasteiger partial charge in [-0.3, -0.25) is 14.5 Å². The molecule has 0 unspecified atom stereocenters. The van der Waals surface area contributed by atoms with Crippen LogP contribution in [0, 0.1) is 0 Å². The van der Waals surface area contributed by atoms with E-state index in [4.69, 9.17) is 4.74 Å². The minimum Gasteiger partial charge on any atom is -0.497 e. The SMILES string of the molecule is C=CCN1C(=O)[C@](NC(=O)c2cccc(OC)c2)(C(F)(F)F)N=C1c1ccccc1. The Morgan fingerprint density at radius 1 is 1.23 bits per heavy atom. The Morgan fingerprint density at radius 3 is 2.53 bits per heavy atom. The zero-order chi connectivity index (χ0) is 21.9. The van der Waals surface area contributed by atoms with Gasteiger partial charge in [0.2, 0.25) is 0 Å². The molecule has 0 radical (unpaired) electrons. The third kappa shape index (κ3) is 3.66. The van der Waals surface area contributed by atoms with Gasteiger partial charge < -0.3 is 10.1 Å². The van der Waals surface area contributed by atoms with Crippen LogP contribution in [0.3, 0.4) is 0 Å². The molecule has 156 valence electrons. The van der Waals surface area contributed by atoms with Gasteiger partial charge in [0, 0.05) is 17.7 Å². The van der Waals surface area contributed by atoms with Crippen molar-refractivity contribution in [1.82, 2.24) is 10.2 Å². The lowest BCUT2D eigenvalue weighted by Crippen LogP contribution is -2.63. The maximum absolute atomic E-state index is 14.2. The number of amidine groups is 1. The van der Waals surface area contributed by atoms with Gasteiger partial charge in [-0.1, -0.05) is 42.5 Å². The van der Waals surface area contributed by atoms with Crippen molar-refractivity contribution in [3.63, 3.8) is 0 Å². The molecule has 1 aliphatic heterocycles. The van der Waals surface area contributed by atoms with Gasteiger partial charge in [0.15, 0.2) is 0 Å². The number of amides is 2. The van der Waals surface area contributed by atoms with E-state index in [0.717, 1.165) is 4.90 Å². The molecule has 0 fully saturated rings. The largest absolute Gasteiger partial charge is 0.497 e. The first-order valence-electron chi connectivity index (χ1n) is 8.85. The van der Waals surface area contributed by atoms with Crippen molar-refractivity contribution in [3.8, 4) is 5.75 Å². The summed E-state index contributed by atoms with van der Waals surface area (Å²) in [5, 5.41) is 1.81. The summed E-state index contributed by atoms with van der Waals surface area (Å²) in [6.07, 6.45) is -3.90. The number of alkyl halides is 3. The summed E-state index contributed by atoms with van der Waals surface area (Å²) >= 11 is 0. The zero-order valence-electron chi connectivity index (χ0n) is 15.9. The molecule has 1 aliphatic rings. The number of methoxy groups -OCH3 is 1. The molecule has 1 heterocycles. The maximum atomic E-state index is 14.2. The average Bonchev–Trinajstić information content (AvgIpc) is 3.02. The van der Waals surface area contributed by atoms with Crippen molar-refractivity contribution in [2.24, 2.45) is 4.99 Å². The Morgan fingerprint density at radius 2 is 1.93 bits per heavy atom. The van der Waals surface area contributed by atoms with Gasteiger partial charge in [-0.05, 0) is 18.2 Å². The summed E-state index contributed by atoms with van der Waals surface area (Å²) in [4.78, 5) is 30.1. The van der Waals surface area contributed by atoms with Crippen LogP contribution in [0.25, 0.3) is 0 Å². The van der Waals surface area contributed by atoms with Crippen molar-refractivity contribution < 1.29 is 27.5 Å². The predicted octanol–water partition coefficient (Wildman–Crippen LogP) is 3.16. The molecule has 1 atom stereocenters. The Labute approximate surface area is 170 Å². The fourth-order valence-electron chi connectivity index (χ4n) is 3.00. The minimum absolute atomic E-state index is 0.107. The third-order valence-corrected chi connectivity index (χ3v) is 4.46. The molecule has 0 bridgehead atoms. The molecule has 0 saturated heterocycles. The Bertz CT molecular complexity index is 1010. The second kappa shape index (κ2) is 8.02. The molecule has 0 saturated carbocycles. The van der Waals surface area contributed by atoms with Crippen LogP contribution in [-0.4, -0.2) is 48.0 Å². The maximum Gasteiger partial charge on any atom is 0.442 e. The Balaban J connectivity index is 2.09. The quantitative estimate of drug-likeness (QED) is 0.734.